The molecule has 1 fully saturated rings. The topological polar surface area (TPSA) is 61.2 Å². The van der Waals surface area contributed by atoms with E-state index in [4.69, 9.17) is 27.9 Å². The number of nitrogens with zero attached hydrogens (tertiary/aromatic N) is 2. The van der Waals surface area contributed by atoms with Crippen LogP contribution >= 0.6 is 23.2 Å². The van der Waals surface area contributed by atoms with Crippen LogP contribution in [0.5, 0.6) is 5.75 Å². The predicted molar refractivity (Wildman–Crippen MR) is 97.5 cm³/mol. The zero-order valence-corrected chi connectivity index (χ0v) is 15.5. The van der Waals surface area contributed by atoms with Crippen LogP contribution in [0.4, 0.5) is 0 Å². The summed E-state index contributed by atoms with van der Waals surface area (Å²) in [6.45, 7) is 1.30. The number of esters is 1. The summed E-state index contributed by atoms with van der Waals surface area (Å²) in [4.78, 5) is 24.5. The van der Waals surface area contributed by atoms with E-state index in [1.807, 2.05) is 0 Å². The molecule has 0 saturated heterocycles. The van der Waals surface area contributed by atoms with Gasteiger partial charge in [-0.25, -0.2) is 4.68 Å². The number of aryl methyl sites for hydroxylation is 1. The van der Waals surface area contributed by atoms with E-state index in [0.717, 1.165) is 25.7 Å². The fraction of sp³-hybridized carbons (Fsp3) is 0.389. The molecular formula is C18H18Cl2N2O3. The summed E-state index contributed by atoms with van der Waals surface area (Å²) in [6, 6.07) is 4.99. The zero-order chi connectivity index (χ0) is 18.1. The fourth-order valence-corrected chi connectivity index (χ4v) is 3.90. The SMILES string of the molecule is CC(=O)Oc1c(C2CCCC2)nn(C)c(=O)c1-c1c(Cl)cccc1Cl. The molecule has 7 heteroatoms. The Bertz CT molecular complexity index is 866. The third kappa shape index (κ3) is 3.44. The molecule has 0 unspecified atom stereocenters. The normalized spacial score (nSPS) is 14.7. The molecule has 5 nitrogen and oxygen atoms in total. The maximum atomic E-state index is 12.8. The van der Waals surface area contributed by atoms with Crippen LogP contribution in [0.2, 0.25) is 10.0 Å². The molecule has 1 heterocycles. The van der Waals surface area contributed by atoms with Crippen molar-refractivity contribution < 1.29 is 9.53 Å². The average Bonchev–Trinajstić information content (AvgIpc) is 3.07. The van der Waals surface area contributed by atoms with E-state index in [1.165, 1.54) is 11.6 Å². The number of carbonyl (C=O) groups is 1. The van der Waals surface area contributed by atoms with Crippen molar-refractivity contribution in [2.75, 3.05) is 0 Å². The highest BCUT2D eigenvalue weighted by molar-refractivity contribution is 6.39. The summed E-state index contributed by atoms with van der Waals surface area (Å²) in [5.41, 5.74) is 0.753. The Labute approximate surface area is 155 Å². The summed E-state index contributed by atoms with van der Waals surface area (Å²) in [5.74, 6) is -0.197. The van der Waals surface area contributed by atoms with Crippen molar-refractivity contribution in [3.05, 3.63) is 44.3 Å². The van der Waals surface area contributed by atoms with Gasteiger partial charge in [-0.15, -0.1) is 0 Å². The van der Waals surface area contributed by atoms with Gasteiger partial charge in [0.15, 0.2) is 5.75 Å². The molecule has 1 aromatic heterocycles. The van der Waals surface area contributed by atoms with Crippen LogP contribution in [0.25, 0.3) is 11.1 Å². The summed E-state index contributed by atoms with van der Waals surface area (Å²) < 4.78 is 6.72. The summed E-state index contributed by atoms with van der Waals surface area (Å²) in [5, 5.41) is 5.04. The smallest absolute Gasteiger partial charge is 0.308 e. The second kappa shape index (κ2) is 7.18. The van der Waals surface area contributed by atoms with Crippen molar-refractivity contribution in [2.24, 2.45) is 7.05 Å². The molecule has 0 N–H and O–H groups in total. The van der Waals surface area contributed by atoms with Crippen LogP contribution in [-0.2, 0) is 11.8 Å². The van der Waals surface area contributed by atoms with Crippen molar-refractivity contribution >= 4 is 29.2 Å². The van der Waals surface area contributed by atoms with E-state index in [0.29, 0.717) is 21.3 Å². The number of benzene rings is 1. The van der Waals surface area contributed by atoms with E-state index in [2.05, 4.69) is 5.10 Å². The molecule has 1 aromatic carbocycles. The van der Waals surface area contributed by atoms with Crippen LogP contribution in [0.15, 0.2) is 23.0 Å². The second-order valence-corrected chi connectivity index (χ2v) is 7.00. The van der Waals surface area contributed by atoms with Crippen LogP contribution in [0.1, 0.15) is 44.2 Å². The van der Waals surface area contributed by atoms with Crippen LogP contribution < -0.4 is 10.3 Å². The molecule has 1 aliphatic carbocycles. The first-order valence-electron chi connectivity index (χ1n) is 8.14. The molecule has 2 aromatic rings. The highest BCUT2D eigenvalue weighted by Gasteiger charge is 2.30. The molecule has 0 radical (unpaired) electrons. The first-order chi connectivity index (χ1) is 11.9. The van der Waals surface area contributed by atoms with Gasteiger partial charge < -0.3 is 4.74 Å². The van der Waals surface area contributed by atoms with E-state index in [-0.39, 0.29) is 17.2 Å². The van der Waals surface area contributed by atoms with Crippen molar-refractivity contribution in [2.45, 2.75) is 38.5 Å². The molecule has 1 saturated carbocycles. The van der Waals surface area contributed by atoms with E-state index in [9.17, 15) is 9.59 Å². The predicted octanol–water partition coefficient (Wildman–Crippen LogP) is 4.34. The fourth-order valence-electron chi connectivity index (χ4n) is 3.31. The molecule has 0 bridgehead atoms. The van der Waals surface area contributed by atoms with Gasteiger partial charge in [0.1, 0.15) is 5.69 Å². The number of ether oxygens (including phenoxy) is 1. The molecule has 25 heavy (non-hydrogen) atoms. The Balaban J connectivity index is 2.36. The van der Waals surface area contributed by atoms with Gasteiger partial charge in [-0.2, -0.15) is 5.10 Å². The first-order valence-corrected chi connectivity index (χ1v) is 8.89. The third-order valence-corrected chi connectivity index (χ3v) is 5.06. The van der Waals surface area contributed by atoms with Gasteiger partial charge in [-0.05, 0) is 25.0 Å². The summed E-state index contributed by atoms with van der Waals surface area (Å²) in [6.07, 6.45) is 4.04. The van der Waals surface area contributed by atoms with Crippen LogP contribution in [0, 0.1) is 0 Å². The lowest BCUT2D eigenvalue weighted by molar-refractivity contribution is -0.131. The van der Waals surface area contributed by atoms with E-state index < -0.39 is 11.5 Å². The minimum atomic E-state index is -0.515. The van der Waals surface area contributed by atoms with Crippen molar-refractivity contribution in [1.82, 2.24) is 9.78 Å². The second-order valence-electron chi connectivity index (χ2n) is 6.19. The van der Waals surface area contributed by atoms with E-state index >= 15 is 0 Å². The Hall–Kier alpha value is -1.85. The number of hydrogen-bond donors (Lipinski definition) is 0. The largest absolute Gasteiger partial charge is 0.424 e. The van der Waals surface area contributed by atoms with Crippen LogP contribution in [-0.4, -0.2) is 15.7 Å². The number of carbonyl (C=O) groups excluding carboxylic acids is 1. The zero-order valence-electron chi connectivity index (χ0n) is 14.0. The molecule has 0 atom stereocenters. The summed E-state index contributed by atoms with van der Waals surface area (Å²) >= 11 is 12.6. The Kier molecular flexibility index (Phi) is 5.16. The summed E-state index contributed by atoms with van der Waals surface area (Å²) in [7, 11) is 1.58. The lowest BCUT2D eigenvalue weighted by Crippen LogP contribution is -2.26. The Morgan fingerprint density at radius 2 is 1.80 bits per heavy atom. The highest BCUT2D eigenvalue weighted by Crippen LogP contribution is 2.43. The first kappa shape index (κ1) is 18.0. The lowest BCUT2D eigenvalue weighted by atomic mass is 9.98. The molecule has 0 amide bonds. The standard InChI is InChI=1S/C18H18Cl2N2O3/c1-10(23)25-17-15(14-12(19)8-5-9-13(14)20)18(24)22(2)21-16(17)11-6-3-4-7-11/h5,8-9,11H,3-4,6-7H2,1-2H3. The lowest BCUT2D eigenvalue weighted by Gasteiger charge is -2.19. The quantitative estimate of drug-likeness (QED) is 0.743. The Morgan fingerprint density at radius 3 is 2.36 bits per heavy atom. The maximum absolute atomic E-state index is 12.8. The maximum Gasteiger partial charge on any atom is 0.308 e. The van der Waals surface area contributed by atoms with Gasteiger partial charge in [-0.1, -0.05) is 42.1 Å². The van der Waals surface area contributed by atoms with Crippen molar-refractivity contribution in [3.63, 3.8) is 0 Å². The number of hydrogen-bond acceptors (Lipinski definition) is 4. The van der Waals surface area contributed by atoms with Gasteiger partial charge >= 0.3 is 5.97 Å². The molecule has 1 aliphatic rings. The van der Waals surface area contributed by atoms with Gasteiger partial charge in [-0.3, -0.25) is 9.59 Å². The third-order valence-electron chi connectivity index (χ3n) is 4.43. The molecule has 3 rings (SSSR count). The minimum Gasteiger partial charge on any atom is -0.424 e. The van der Waals surface area contributed by atoms with Crippen molar-refractivity contribution in [3.8, 4) is 16.9 Å². The Morgan fingerprint density at radius 1 is 1.20 bits per heavy atom. The van der Waals surface area contributed by atoms with Crippen LogP contribution in [0.3, 0.4) is 0 Å². The number of rotatable bonds is 3. The van der Waals surface area contributed by atoms with Gasteiger partial charge in [0.2, 0.25) is 0 Å². The molecule has 0 spiro atoms. The monoisotopic (exact) mass is 380 g/mol. The molecule has 132 valence electrons. The number of halogens is 2. The minimum absolute atomic E-state index is 0.140. The van der Waals surface area contributed by atoms with Gasteiger partial charge in [0, 0.05) is 25.5 Å². The van der Waals surface area contributed by atoms with E-state index in [1.54, 1.807) is 25.2 Å². The number of aromatic nitrogens is 2. The average molecular weight is 381 g/mol. The van der Waals surface area contributed by atoms with Crippen molar-refractivity contribution in [1.29, 1.82) is 0 Å². The molecule has 0 aliphatic heterocycles. The van der Waals surface area contributed by atoms with Gasteiger partial charge in [0.05, 0.1) is 15.6 Å². The molecular weight excluding hydrogens is 363 g/mol. The highest BCUT2D eigenvalue weighted by atomic mass is 35.5. The van der Waals surface area contributed by atoms with Gasteiger partial charge in [0.25, 0.3) is 5.56 Å².